The van der Waals surface area contributed by atoms with E-state index in [0.29, 0.717) is 0 Å². The lowest BCUT2D eigenvalue weighted by Gasteiger charge is -2.22. The zero-order valence-corrected chi connectivity index (χ0v) is 12.2. The molecule has 0 bridgehead atoms. The summed E-state index contributed by atoms with van der Waals surface area (Å²) < 4.78 is 18.9. The highest BCUT2D eigenvalue weighted by Crippen LogP contribution is 2.33. The molecule has 20 heavy (non-hydrogen) atoms. The van der Waals surface area contributed by atoms with Crippen molar-refractivity contribution in [2.24, 2.45) is 0 Å². The maximum atomic E-state index is 13.4. The van der Waals surface area contributed by atoms with E-state index in [4.69, 9.17) is 4.74 Å². The lowest BCUT2D eigenvalue weighted by molar-refractivity contribution is 0.404. The molecule has 2 rings (SSSR count). The predicted octanol–water partition coefficient (Wildman–Crippen LogP) is 3.15. The number of nitrogens with zero attached hydrogens (tertiary/aromatic N) is 1. The molecule has 0 aliphatic heterocycles. The van der Waals surface area contributed by atoms with Gasteiger partial charge < -0.3 is 10.1 Å². The Morgan fingerprint density at radius 3 is 2.55 bits per heavy atom. The molecule has 106 valence electrons. The Labute approximate surface area is 118 Å². The zero-order valence-electron chi connectivity index (χ0n) is 12.2. The van der Waals surface area contributed by atoms with E-state index < -0.39 is 0 Å². The summed E-state index contributed by atoms with van der Waals surface area (Å²) in [5, 5.41) is 3.21. The van der Waals surface area contributed by atoms with Crippen molar-refractivity contribution in [2.75, 3.05) is 14.2 Å². The number of hydrogen-bond acceptors (Lipinski definition) is 3. The van der Waals surface area contributed by atoms with Gasteiger partial charge in [-0.3, -0.25) is 4.98 Å². The molecular weight excluding hydrogens is 255 g/mol. The van der Waals surface area contributed by atoms with Crippen LogP contribution >= 0.6 is 0 Å². The van der Waals surface area contributed by atoms with Crippen LogP contribution in [0.2, 0.25) is 0 Å². The summed E-state index contributed by atoms with van der Waals surface area (Å²) >= 11 is 0. The van der Waals surface area contributed by atoms with Crippen molar-refractivity contribution in [1.82, 2.24) is 10.3 Å². The quantitative estimate of drug-likeness (QED) is 0.930. The van der Waals surface area contributed by atoms with E-state index in [9.17, 15) is 4.39 Å². The Morgan fingerprint density at radius 1 is 1.20 bits per heavy atom. The van der Waals surface area contributed by atoms with Crippen LogP contribution in [0.25, 0.3) is 0 Å². The summed E-state index contributed by atoms with van der Waals surface area (Å²) in [5.41, 5.74) is 4.02. The van der Waals surface area contributed by atoms with Gasteiger partial charge in [0.05, 0.1) is 19.3 Å². The lowest BCUT2D eigenvalue weighted by atomic mass is 9.93. The summed E-state index contributed by atoms with van der Waals surface area (Å²) in [6.45, 7) is 4.05. The number of benzene rings is 1. The molecule has 1 unspecified atom stereocenters. The van der Waals surface area contributed by atoms with Gasteiger partial charge in [0.2, 0.25) is 0 Å². The van der Waals surface area contributed by atoms with Crippen molar-refractivity contribution in [1.29, 1.82) is 0 Å². The van der Waals surface area contributed by atoms with Crippen LogP contribution in [0.5, 0.6) is 5.75 Å². The van der Waals surface area contributed by atoms with Crippen molar-refractivity contribution in [3.8, 4) is 5.75 Å². The molecule has 1 N–H and O–H groups in total. The number of hydrogen-bond donors (Lipinski definition) is 1. The van der Waals surface area contributed by atoms with Crippen LogP contribution in [0.3, 0.4) is 0 Å². The Morgan fingerprint density at radius 2 is 1.95 bits per heavy atom. The highest BCUT2D eigenvalue weighted by atomic mass is 19.1. The van der Waals surface area contributed by atoms with Crippen molar-refractivity contribution in [2.45, 2.75) is 19.9 Å². The average molecular weight is 274 g/mol. The first kappa shape index (κ1) is 14.5. The van der Waals surface area contributed by atoms with Gasteiger partial charge in [0.1, 0.15) is 11.6 Å². The molecule has 1 atom stereocenters. The molecule has 2 aromatic rings. The Kier molecular flexibility index (Phi) is 4.35. The average Bonchev–Trinajstić information content (AvgIpc) is 2.41. The first-order valence-corrected chi connectivity index (χ1v) is 6.49. The van der Waals surface area contributed by atoms with E-state index in [2.05, 4.69) is 16.4 Å². The first-order chi connectivity index (χ1) is 9.56. The molecule has 0 aliphatic carbocycles. The summed E-state index contributed by atoms with van der Waals surface area (Å²) in [5.74, 6) is 0.456. The van der Waals surface area contributed by atoms with Crippen LogP contribution in [-0.4, -0.2) is 19.1 Å². The molecule has 0 amide bonds. The van der Waals surface area contributed by atoms with Gasteiger partial charge in [-0.1, -0.05) is 6.07 Å². The van der Waals surface area contributed by atoms with Crippen molar-refractivity contribution in [3.05, 3.63) is 58.7 Å². The van der Waals surface area contributed by atoms with E-state index in [1.807, 2.05) is 27.0 Å². The standard InChI is InChI=1S/C16H19FN2O/c1-10-5-11(2)15(14(6-10)20-4)16(18-3)12-7-13(17)9-19-8-12/h5-9,16,18H,1-4H3. The van der Waals surface area contributed by atoms with Gasteiger partial charge in [-0.25, -0.2) is 4.39 Å². The highest BCUT2D eigenvalue weighted by molar-refractivity contribution is 5.48. The summed E-state index contributed by atoms with van der Waals surface area (Å²) in [6, 6.07) is 5.41. The SMILES string of the molecule is CNC(c1cncc(F)c1)c1c(C)cc(C)cc1OC. The van der Waals surface area contributed by atoms with Crippen molar-refractivity contribution < 1.29 is 9.13 Å². The maximum Gasteiger partial charge on any atom is 0.141 e. The minimum Gasteiger partial charge on any atom is -0.496 e. The predicted molar refractivity (Wildman–Crippen MR) is 77.6 cm³/mol. The normalized spacial score (nSPS) is 12.2. The van der Waals surface area contributed by atoms with E-state index >= 15 is 0 Å². The summed E-state index contributed by atoms with van der Waals surface area (Å²) in [6.07, 6.45) is 2.87. The fourth-order valence-corrected chi connectivity index (χ4v) is 2.54. The Bertz CT molecular complexity index is 613. The molecule has 1 aromatic carbocycles. The fourth-order valence-electron chi connectivity index (χ4n) is 2.54. The van der Waals surface area contributed by atoms with Crippen LogP contribution in [0, 0.1) is 19.7 Å². The molecule has 1 heterocycles. The second-order valence-corrected chi connectivity index (χ2v) is 4.86. The zero-order chi connectivity index (χ0) is 14.7. The summed E-state index contributed by atoms with van der Waals surface area (Å²) in [4.78, 5) is 3.93. The van der Waals surface area contributed by atoms with Gasteiger partial charge in [0.15, 0.2) is 0 Å². The minimum atomic E-state index is -0.341. The van der Waals surface area contributed by atoms with Crippen LogP contribution in [0.4, 0.5) is 4.39 Å². The second kappa shape index (κ2) is 6.01. The third-order valence-corrected chi connectivity index (χ3v) is 3.35. The molecule has 0 aliphatic rings. The van der Waals surface area contributed by atoms with Gasteiger partial charge in [-0.15, -0.1) is 0 Å². The smallest absolute Gasteiger partial charge is 0.141 e. The largest absolute Gasteiger partial charge is 0.496 e. The number of halogens is 1. The number of nitrogens with one attached hydrogen (secondary N) is 1. The number of rotatable bonds is 4. The highest BCUT2D eigenvalue weighted by Gasteiger charge is 2.20. The number of pyridine rings is 1. The molecule has 0 fully saturated rings. The number of aryl methyl sites for hydroxylation is 2. The van der Waals surface area contributed by atoms with Crippen LogP contribution < -0.4 is 10.1 Å². The molecule has 4 heteroatoms. The number of methoxy groups -OCH3 is 1. The van der Waals surface area contributed by atoms with Gasteiger partial charge in [0, 0.05) is 11.8 Å². The number of ether oxygens (including phenoxy) is 1. The molecule has 1 aromatic heterocycles. The van der Waals surface area contributed by atoms with Crippen LogP contribution in [-0.2, 0) is 0 Å². The van der Waals surface area contributed by atoms with Gasteiger partial charge in [-0.05, 0) is 49.7 Å². The number of aromatic nitrogens is 1. The third kappa shape index (κ3) is 2.80. The lowest BCUT2D eigenvalue weighted by Crippen LogP contribution is -2.20. The first-order valence-electron chi connectivity index (χ1n) is 6.49. The Balaban J connectivity index is 2.57. The maximum absolute atomic E-state index is 13.4. The fraction of sp³-hybridized carbons (Fsp3) is 0.312. The minimum absolute atomic E-state index is 0.159. The van der Waals surface area contributed by atoms with Crippen LogP contribution in [0.1, 0.15) is 28.3 Å². The van der Waals surface area contributed by atoms with E-state index in [-0.39, 0.29) is 11.9 Å². The van der Waals surface area contributed by atoms with Gasteiger partial charge in [0.25, 0.3) is 0 Å². The molecule has 0 spiro atoms. The van der Waals surface area contributed by atoms with Crippen LogP contribution in [0.15, 0.2) is 30.6 Å². The molecule has 0 saturated carbocycles. The van der Waals surface area contributed by atoms with Gasteiger partial charge in [-0.2, -0.15) is 0 Å². The molecule has 3 nitrogen and oxygen atoms in total. The summed E-state index contributed by atoms with van der Waals surface area (Å²) in [7, 11) is 3.49. The third-order valence-electron chi connectivity index (χ3n) is 3.35. The van der Waals surface area contributed by atoms with Crippen molar-refractivity contribution >= 4 is 0 Å². The van der Waals surface area contributed by atoms with E-state index in [1.165, 1.54) is 12.3 Å². The van der Waals surface area contributed by atoms with Gasteiger partial charge >= 0.3 is 0 Å². The van der Waals surface area contributed by atoms with Crippen molar-refractivity contribution in [3.63, 3.8) is 0 Å². The topological polar surface area (TPSA) is 34.2 Å². The molecule has 0 radical (unpaired) electrons. The Hall–Kier alpha value is -1.94. The molecule has 0 saturated heterocycles. The monoisotopic (exact) mass is 274 g/mol. The van der Waals surface area contributed by atoms with E-state index in [0.717, 1.165) is 28.0 Å². The molecular formula is C16H19FN2O. The second-order valence-electron chi connectivity index (χ2n) is 4.86. The van der Waals surface area contributed by atoms with E-state index in [1.54, 1.807) is 13.3 Å².